The number of benzene rings is 1. The molecule has 0 spiro atoms. The van der Waals surface area contributed by atoms with Gasteiger partial charge in [0.2, 0.25) is 0 Å². The van der Waals surface area contributed by atoms with Gasteiger partial charge in [0, 0.05) is 30.2 Å². The summed E-state index contributed by atoms with van der Waals surface area (Å²) in [5.41, 5.74) is 7.12. The molecule has 172 valence electrons. The van der Waals surface area contributed by atoms with Crippen molar-refractivity contribution in [3.63, 3.8) is 0 Å². The Morgan fingerprint density at radius 2 is 1.94 bits per heavy atom. The van der Waals surface area contributed by atoms with Crippen molar-refractivity contribution in [3.05, 3.63) is 54.2 Å². The molecule has 4 aromatic rings. The first-order valence-corrected chi connectivity index (χ1v) is 10.5. The Hall–Kier alpha value is -3.24. The molecule has 10 heteroatoms. The number of rotatable bonds is 4. The van der Waals surface area contributed by atoms with Crippen molar-refractivity contribution in [3.8, 4) is 17.3 Å². The summed E-state index contributed by atoms with van der Waals surface area (Å²) in [5.74, 6) is 0.950. The Balaban J connectivity index is 1.61. The van der Waals surface area contributed by atoms with Crippen molar-refractivity contribution in [2.45, 2.75) is 31.1 Å². The van der Waals surface area contributed by atoms with E-state index in [-0.39, 0.29) is 18.7 Å². The Morgan fingerprint density at radius 1 is 1.12 bits per heavy atom. The van der Waals surface area contributed by atoms with Crippen LogP contribution in [-0.2, 0) is 0 Å². The van der Waals surface area contributed by atoms with Crippen LogP contribution in [0.3, 0.4) is 0 Å². The number of alkyl halides is 3. The summed E-state index contributed by atoms with van der Waals surface area (Å²) in [7, 11) is 1.56. The fourth-order valence-corrected chi connectivity index (χ4v) is 4.50. The van der Waals surface area contributed by atoms with Gasteiger partial charge in [0.15, 0.2) is 11.5 Å². The first kappa shape index (κ1) is 21.6. The fraction of sp³-hybridized carbons (Fsp3) is 0.348. The summed E-state index contributed by atoms with van der Waals surface area (Å²) in [4.78, 5) is 6.05. The summed E-state index contributed by atoms with van der Waals surface area (Å²) in [6, 6.07) is 10.4. The highest BCUT2D eigenvalue weighted by Crippen LogP contribution is 2.41. The monoisotopic (exact) mass is 456 g/mol. The van der Waals surface area contributed by atoms with Gasteiger partial charge in [-0.3, -0.25) is 9.30 Å². The van der Waals surface area contributed by atoms with Crippen LogP contribution in [0.15, 0.2) is 48.7 Å². The quantitative estimate of drug-likeness (QED) is 0.500. The third kappa shape index (κ3) is 3.89. The van der Waals surface area contributed by atoms with Crippen molar-refractivity contribution in [2.24, 2.45) is 5.73 Å². The number of methoxy groups -OCH3 is 1. The molecule has 0 aliphatic carbocycles. The van der Waals surface area contributed by atoms with Crippen LogP contribution in [0.1, 0.15) is 24.9 Å². The van der Waals surface area contributed by atoms with E-state index >= 15 is 0 Å². The Labute approximate surface area is 188 Å². The second-order valence-electron chi connectivity index (χ2n) is 8.76. The van der Waals surface area contributed by atoms with Gasteiger partial charge < -0.3 is 10.5 Å². The third-order valence-corrected chi connectivity index (χ3v) is 6.08. The molecular formula is C23H23F3N6O. The highest BCUT2D eigenvalue weighted by atomic mass is 19.4. The molecule has 1 saturated heterocycles. The van der Waals surface area contributed by atoms with Gasteiger partial charge in [-0.25, -0.2) is 4.98 Å². The largest absolute Gasteiger partial charge is 0.494 e. The average molecular weight is 456 g/mol. The van der Waals surface area contributed by atoms with Gasteiger partial charge >= 0.3 is 6.18 Å². The molecule has 5 rings (SSSR count). The molecule has 3 aromatic heterocycles. The average Bonchev–Trinajstić information content (AvgIpc) is 3.34. The van der Waals surface area contributed by atoms with E-state index in [4.69, 9.17) is 10.5 Å². The SMILES string of the molecule is COc1cccc2ccc(-c3nnc4ccc([C@H](N5CCC(C)(N)C5)C(F)(F)F)cn34)nc12. The van der Waals surface area contributed by atoms with E-state index < -0.39 is 17.8 Å². The molecule has 33 heavy (non-hydrogen) atoms. The topological polar surface area (TPSA) is 81.6 Å². The van der Waals surface area contributed by atoms with Gasteiger partial charge in [0.25, 0.3) is 0 Å². The van der Waals surface area contributed by atoms with E-state index in [0.717, 1.165) is 5.39 Å². The molecule has 0 amide bonds. The minimum atomic E-state index is -4.46. The van der Waals surface area contributed by atoms with Gasteiger partial charge in [0.05, 0.1) is 7.11 Å². The zero-order chi connectivity index (χ0) is 23.4. The molecule has 1 aliphatic heterocycles. The van der Waals surface area contributed by atoms with Gasteiger partial charge in [-0.15, -0.1) is 10.2 Å². The van der Waals surface area contributed by atoms with Crippen molar-refractivity contribution in [2.75, 3.05) is 20.2 Å². The Kier molecular flexibility index (Phi) is 5.02. The normalized spacial score (nSPS) is 20.5. The molecule has 1 fully saturated rings. The number of aromatic nitrogens is 4. The molecule has 0 radical (unpaired) electrons. The van der Waals surface area contributed by atoms with Crippen LogP contribution in [0.2, 0.25) is 0 Å². The highest BCUT2D eigenvalue weighted by molar-refractivity contribution is 5.86. The Bertz CT molecular complexity index is 1330. The zero-order valence-corrected chi connectivity index (χ0v) is 18.2. The first-order valence-electron chi connectivity index (χ1n) is 10.5. The number of halogens is 3. The van der Waals surface area contributed by atoms with Crippen LogP contribution in [0.5, 0.6) is 5.75 Å². The Morgan fingerprint density at radius 3 is 2.64 bits per heavy atom. The van der Waals surface area contributed by atoms with Gasteiger partial charge in [-0.1, -0.05) is 24.3 Å². The van der Waals surface area contributed by atoms with Crippen LogP contribution in [0.4, 0.5) is 13.2 Å². The van der Waals surface area contributed by atoms with Crippen LogP contribution < -0.4 is 10.5 Å². The van der Waals surface area contributed by atoms with Gasteiger partial charge in [-0.05, 0) is 37.1 Å². The number of ether oxygens (including phenoxy) is 1. The number of pyridine rings is 2. The summed E-state index contributed by atoms with van der Waals surface area (Å²) in [6.45, 7) is 2.22. The highest BCUT2D eigenvalue weighted by Gasteiger charge is 2.48. The maximum Gasteiger partial charge on any atom is 0.408 e. The standard InChI is InChI=1S/C23H23F3N6O/c1-22(27)10-11-31(13-22)20(23(24,25)26)15-7-9-18-29-30-21(32(18)12-15)16-8-6-14-4-3-5-17(33-2)19(14)28-16/h3-9,12,20H,10-11,13,27H2,1-2H3/t20-,22?/m0/s1. The van der Waals surface area contributed by atoms with Crippen LogP contribution in [0, 0.1) is 0 Å². The van der Waals surface area contributed by atoms with Crippen LogP contribution in [-0.4, -0.2) is 56.4 Å². The summed E-state index contributed by atoms with van der Waals surface area (Å²) in [5, 5.41) is 9.21. The zero-order valence-electron chi connectivity index (χ0n) is 18.2. The molecule has 0 saturated carbocycles. The lowest BCUT2D eigenvalue weighted by Gasteiger charge is -2.31. The summed E-state index contributed by atoms with van der Waals surface area (Å²) >= 11 is 0. The van der Waals surface area contributed by atoms with Gasteiger partial charge in [0.1, 0.15) is 23.0 Å². The number of para-hydroxylation sites is 1. The minimum Gasteiger partial charge on any atom is -0.494 e. The first-order chi connectivity index (χ1) is 15.7. The smallest absolute Gasteiger partial charge is 0.408 e. The molecule has 1 aliphatic rings. The molecule has 4 heterocycles. The van der Waals surface area contributed by atoms with E-state index in [9.17, 15) is 13.2 Å². The van der Waals surface area contributed by atoms with Crippen LogP contribution >= 0.6 is 0 Å². The van der Waals surface area contributed by atoms with E-state index in [1.165, 1.54) is 17.2 Å². The minimum absolute atomic E-state index is 0.104. The van der Waals surface area contributed by atoms with Crippen molar-refractivity contribution in [1.29, 1.82) is 0 Å². The predicted molar refractivity (Wildman–Crippen MR) is 118 cm³/mol. The number of nitrogens with zero attached hydrogens (tertiary/aromatic N) is 5. The van der Waals surface area contributed by atoms with Crippen molar-refractivity contribution < 1.29 is 17.9 Å². The number of hydrogen-bond donors (Lipinski definition) is 1. The van der Waals surface area contributed by atoms with Crippen molar-refractivity contribution in [1.82, 2.24) is 24.5 Å². The lowest BCUT2D eigenvalue weighted by Crippen LogP contribution is -2.43. The molecular weight excluding hydrogens is 433 g/mol. The molecule has 1 aromatic carbocycles. The second kappa shape index (κ2) is 7.67. The maximum absolute atomic E-state index is 14.2. The lowest BCUT2D eigenvalue weighted by molar-refractivity contribution is -0.184. The van der Waals surface area contributed by atoms with Crippen molar-refractivity contribution >= 4 is 16.6 Å². The van der Waals surface area contributed by atoms with E-state index in [0.29, 0.717) is 34.9 Å². The molecule has 7 nitrogen and oxygen atoms in total. The van der Waals surface area contributed by atoms with E-state index in [1.807, 2.05) is 18.2 Å². The molecule has 0 bridgehead atoms. The summed E-state index contributed by atoms with van der Waals surface area (Å²) in [6.07, 6.45) is -2.51. The number of hydrogen-bond acceptors (Lipinski definition) is 6. The molecule has 2 N–H and O–H groups in total. The fourth-order valence-electron chi connectivity index (χ4n) is 4.50. The molecule has 1 unspecified atom stereocenters. The number of likely N-dealkylation sites (tertiary alicyclic amines) is 1. The third-order valence-electron chi connectivity index (χ3n) is 6.08. The lowest BCUT2D eigenvalue weighted by atomic mass is 10.0. The number of fused-ring (bicyclic) bond motifs is 2. The predicted octanol–water partition coefficient (Wildman–Crippen LogP) is 3.98. The number of nitrogens with two attached hydrogens (primary N) is 1. The summed E-state index contributed by atoms with van der Waals surface area (Å²) < 4.78 is 49.5. The van der Waals surface area contributed by atoms with Gasteiger partial charge in [-0.2, -0.15) is 13.2 Å². The van der Waals surface area contributed by atoms with Crippen LogP contribution in [0.25, 0.3) is 28.1 Å². The van der Waals surface area contributed by atoms with E-state index in [1.54, 1.807) is 36.6 Å². The molecule has 2 atom stereocenters. The maximum atomic E-state index is 14.2. The van der Waals surface area contributed by atoms with E-state index in [2.05, 4.69) is 15.2 Å². The second-order valence-corrected chi connectivity index (χ2v) is 8.76.